The molecule has 1 unspecified atom stereocenters. The van der Waals surface area contributed by atoms with E-state index in [0.29, 0.717) is 23.4 Å². The normalized spacial score (nSPS) is 13.4. The van der Waals surface area contributed by atoms with Crippen molar-refractivity contribution in [3.63, 3.8) is 0 Å². The zero-order valence-corrected chi connectivity index (χ0v) is 13.6. The van der Waals surface area contributed by atoms with Gasteiger partial charge in [-0.25, -0.2) is 0 Å². The molecule has 1 aromatic heterocycles. The first-order valence-electron chi connectivity index (χ1n) is 7.26. The summed E-state index contributed by atoms with van der Waals surface area (Å²) in [5.41, 5.74) is 1.90. The van der Waals surface area contributed by atoms with E-state index >= 15 is 0 Å². The molecule has 2 rings (SSSR count). The molecule has 122 valence electrons. The number of nitrogens with zero attached hydrogens (tertiary/aromatic N) is 1. The van der Waals surface area contributed by atoms with E-state index in [1.54, 1.807) is 26.0 Å². The van der Waals surface area contributed by atoms with Gasteiger partial charge in [0.05, 0.1) is 11.3 Å². The molecular formula is C17H20N2O4. The highest BCUT2D eigenvalue weighted by molar-refractivity contribution is 5.81. The smallest absolute Gasteiger partial charge is 0.211 e. The average Bonchev–Trinajstić information content (AvgIpc) is 2.78. The summed E-state index contributed by atoms with van der Waals surface area (Å²) >= 11 is 0. The second-order valence-electron chi connectivity index (χ2n) is 5.87. The number of ketones is 1. The molecule has 0 fully saturated rings. The van der Waals surface area contributed by atoms with Crippen molar-refractivity contribution in [1.29, 1.82) is 0 Å². The number of benzene rings is 1. The predicted molar refractivity (Wildman–Crippen MR) is 86.0 cm³/mol. The van der Waals surface area contributed by atoms with Gasteiger partial charge in [-0.2, -0.15) is 0 Å². The van der Waals surface area contributed by atoms with Crippen LogP contribution in [0.4, 0.5) is 5.69 Å². The topological polar surface area (TPSA) is 92.4 Å². The molecule has 2 N–H and O–H groups in total. The van der Waals surface area contributed by atoms with Crippen LogP contribution >= 0.6 is 0 Å². The van der Waals surface area contributed by atoms with E-state index in [1.165, 1.54) is 6.92 Å². The number of aliphatic hydroxyl groups is 1. The summed E-state index contributed by atoms with van der Waals surface area (Å²) in [6.07, 6.45) is 0.490. The fourth-order valence-electron chi connectivity index (χ4n) is 2.81. The van der Waals surface area contributed by atoms with Crippen LogP contribution in [-0.2, 0) is 15.2 Å². The zero-order chi connectivity index (χ0) is 17.2. The maximum Gasteiger partial charge on any atom is 0.211 e. The quantitative estimate of drug-likeness (QED) is 0.799. The van der Waals surface area contributed by atoms with Crippen LogP contribution in [0, 0.1) is 13.8 Å². The minimum Gasteiger partial charge on any atom is -0.385 e. The van der Waals surface area contributed by atoms with Gasteiger partial charge in [-0.3, -0.25) is 9.59 Å². The van der Waals surface area contributed by atoms with E-state index in [0.717, 1.165) is 16.8 Å². The highest BCUT2D eigenvalue weighted by Crippen LogP contribution is 2.36. The lowest BCUT2D eigenvalue weighted by Gasteiger charge is -2.25. The second-order valence-corrected chi connectivity index (χ2v) is 5.87. The standard InChI is InChI=1S/C17H20N2O4/c1-10(21)8-17(4,22)14-7-13(5-6-15(14)18-9-20)16-11(2)19-23-12(16)3/h5-7,9,22H,8H2,1-4H3,(H,18,20). The fourth-order valence-corrected chi connectivity index (χ4v) is 2.81. The second kappa shape index (κ2) is 6.34. The number of carbonyl (C=O) groups excluding carboxylic acids is 2. The molecule has 23 heavy (non-hydrogen) atoms. The van der Waals surface area contributed by atoms with Crippen LogP contribution in [0.3, 0.4) is 0 Å². The molecule has 0 spiro atoms. The summed E-state index contributed by atoms with van der Waals surface area (Å²) in [5.74, 6) is 0.519. The van der Waals surface area contributed by atoms with Gasteiger partial charge in [0.25, 0.3) is 0 Å². The Morgan fingerprint density at radius 2 is 2.13 bits per heavy atom. The fraction of sp³-hybridized carbons (Fsp3) is 0.353. The molecule has 0 radical (unpaired) electrons. The van der Waals surface area contributed by atoms with Gasteiger partial charge in [-0.05, 0) is 45.4 Å². The van der Waals surface area contributed by atoms with Gasteiger partial charge in [0.15, 0.2) is 0 Å². The van der Waals surface area contributed by atoms with Crippen molar-refractivity contribution in [3.8, 4) is 11.1 Å². The predicted octanol–water partition coefficient (Wildman–Crippen LogP) is 2.71. The monoisotopic (exact) mass is 316 g/mol. The van der Waals surface area contributed by atoms with E-state index in [9.17, 15) is 14.7 Å². The number of Topliss-reactive ketones (excluding diaryl/α,β-unsaturated/α-hetero) is 1. The third kappa shape index (κ3) is 3.48. The van der Waals surface area contributed by atoms with Crippen LogP contribution < -0.4 is 5.32 Å². The lowest BCUT2D eigenvalue weighted by Crippen LogP contribution is -2.25. The van der Waals surface area contributed by atoms with Crippen LogP contribution in [0.5, 0.6) is 0 Å². The summed E-state index contributed by atoms with van der Waals surface area (Å²) in [6.45, 7) is 6.60. The summed E-state index contributed by atoms with van der Waals surface area (Å²) < 4.78 is 5.18. The Bertz CT molecular complexity index is 728. The van der Waals surface area contributed by atoms with E-state index in [2.05, 4.69) is 10.5 Å². The van der Waals surface area contributed by atoms with E-state index in [4.69, 9.17) is 4.52 Å². The molecule has 0 aliphatic heterocycles. The van der Waals surface area contributed by atoms with Gasteiger partial charge >= 0.3 is 0 Å². The van der Waals surface area contributed by atoms with E-state index in [-0.39, 0.29) is 12.2 Å². The largest absolute Gasteiger partial charge is 0.385 e. The van der Waals surface area contributed by atoms with Gasteiger partial charge in [0.1, 0.15) is 11.5 Å². The molecular weight excluding hydrogens is 296 g/mol. The van der Waals surface area contributed by atoms with E-state index < -0.39 is 5.60 Å². The van der Waals surface area contributed by atoms with Crippen LogP contribution in [0.1, 0.15) is 37.3 Å². The molecule has 0 bridgehead atoms. The van der Waals surface area contributed by atoms with Gasteiger partial charge in [-0.1, -0.05) is 11.2 Å². The molecule has 1 aromatic carbocycles. The number of hydrogen-bond acceptors (Lipinski definition) is 5. The number of amides is 1. The minimum atomic E-state index is -1.40. The molecule has 6 nitrogen and oxygen atoms in total. The highest BCUT2D eigenvalue weighted by atomic mass is 16.5. The molecule has 0 saturated heterocycles. The van der Waals surface area contributed by atoms with Gasteiger partial charge in [-0.15, -0.1) is 0 Å². The highest BCUT2D eigenvalue weighted by Gasteiger charge is 2.29. The third-order valence-corrected chi connectivity index (χ3v) is 3.73. The van der Waals surface area contributed by atoms with Crippen LogP contribution in [-0.4, -0.2) is 22.5 Å². The number of nitrogens with one attached hydrogen (secondary N) is 1. The Labute approximate surface area is 134 Å². The molecule has 6 heteroatoms. The summed E-state index contributed by atoms with van der Waals surface area (Å²) in [7, 11) is 0. The first-order valence-corrected chi connectivity index (χ1v) is 7.26. The van der Waals surface area contributed by atoms with Gasteiger partial charge in [0, 0.05) is 23.2 Å². The van der Waals surface area contributed by atoms with Crippen molar-refractivity contribution >= 4 is 17.9 Å². The van der Waals surface area contributed by atoms with E-state index in [1.807, 2.05) is 13.0 Å². The molecule has 1 heterocycles. The number of anilines is 1. The van der Waals surface area contributed by atoms with Gasteiger partial charge in [0.2, 0.25) is 6.41 Å². The molecule has 2 aromatic rings. The summed E-state index contributed by atoms with van der Waals surface area (Å²) in [5, 5.41) is 17.2. The minimum absolute atomic E-state index is 0.0500. The first kappa shape index (κ1) is 16.9. The zero-order valence-electron chi connectivity index (χ0n) is 13.6. The van der Waals surface area contributed by atoms with Crippen LogP contribution in [0.2, 0.25) is 0 Å². The maximum absolute atomic E-state index is 11.4. The molecule has 1 atom stereocenters. The summed E-state index contributed by atoms with van der Waals surface area (Å²) in [6, 6.07) is 5.26. The van der Waals surface area contributed by atoms with Crippen molar-refractivity contribution in [2.75, 3.05) is 5.32 Å². The van der Waals surface area contributed by atoms with Crippen molar-refractivity contribution in [2.45, 2.75) is 39.7 Å². The first-order chi connectivity index (χ1) is 10.8. The Kier molecular flexibility index (Phi) is 4.65. The average molecular weight is 316 g/mol. The Morgan fingerprint density at radius 1 is 1.43 bits per heavy atom. The molecule has 0 saturated carbocycles. The van der Waals surface area contributed by atoms with Crippen LogP contribution in [0.15, 0.2) is 22.7 Å². The Morgan fingerprint density at radius 3 is 2.65 bits per heavy atom. The molecule has 0 aliphatic carbocycles. The number of carbonyl (C=O) groups is 2. The van der Waals surface area contributed by atoms with Gasteiger partial charge < -0.3 is 14.9 Å². The lowest BCUT2D eigenvalue weighted by molar-refractivity contribution is -0.121. The number of hydrogen-bond donors (Lipinski definition) is 2. The van der Waals surface area contributed by atoms with Crippen molar-refractivity contribution in [1.82, 2.24) is 5.16 Å². The number of rotatable bonds is 6. The number of aromatic nitrogens is 1. The maximum atomic E-state index is 11.4. The van der Waals surface area contributed by atoms with Crippen molar-refractivity contribution < 1.29 is 19.2 Å². The molecule has 0 aliphatic rings. The van der Waals surface area contributed by atoms with Crippen molar-refractivity contribution in [2.24, 2.45) is 0 Å². The SMILES string of the molecule is CC(=O)CC(C)(O)c1cc(-c2c(C)noc2C)ccc1NC=O. The Hall–Kier alpha value is -2.47. The van der Waals surface area contributed by atoms with Crippen molar-refractivity contribution in [3.05, 3.63) is 35.2 Å². The Balaban J connectivity index is 2.60. The third-order valence-electron chi connectivity index (χ3n) is 3.73. The van der Waals surface area contributed by atoms with Crippen LogP contribution in [0.25, 0.3) is 11.1 Å². The summed E-state index contributed by atoms with van der Waals surface area (Å²) in [4.78, 5) is 22.3. The lowest BCUT2D eigenvalue weighted by atomic mass is 9.87. The number of aryl methyl sites for hydroxylation is 2. The molecule has 1 amide bonds.